The van der Waals surface area contributed by atoms with E-state index in [2.05, 4.69) is 9.72 Å². The number of halogens is 2. The van der Waals surface area contributed by atoms with E-state index in [1.54, 1.807) is 12.1 Å². The molecule has 17 heavy (non-hydrogen) atoms. The first-order chi connectivity index (χ1) is 8.06. The molecule has 0 amide bonds. The van der Waals surface area contributed by atoms with Crippen LogP contribution in [0.2, 0.25) is 10.3 Å². The molecule has 0 atom stereocenters. The molecule has 0 saturated carbocycles. The van der Waals surface area contributed by atoms with Gasteiger partial charge in [0, 0.05) is 12.1 Å². The molecule has 0 aliphatic carbocycles. The fraction of sp³-hybridized carbons (Fsp3) is 0.455. The molecular formula is C11H14Cl2N2O2. The van der Waals surface area contributed by atoms with E-state index in [1.807, 2.05) is 11.8 Å². The van der Waals surface area contributed by atoms with Gasteiger partial charge in [0.15, 0.2) is 0 Å². The molecule has 1 aromatic heterocycles. The molecule has 1 rings (SSSR count). The Labute approximate surface area is 110 Å². The molecule has 0 unspecified atom stereocenters. The van der Waals surface area contributed by atoms with Gasteiger partial charge in [0.05, 0.1) is 13.7 Å². The van der Waals surface area contributed by atoms with Gasteiger partial charge in [-0.3, -0.25) is 9.69 Å². The summed E-state index contributed by atoms with van der Waals surface area (Å²) in [4.78, 5) is 17.0. The molecule has 0 aliphatic rings. The van der Waals surface area contributed by atoms with Gasteiger partial charge < -0.3 is 4.74 Å². The molecule has 6 heteroatoms. The number of carbonyl (C=O) groups is 1. The van der Waals surface area contributed by atoms with E-state index in [4.69, 9.17) is 23.2 Å². The lowest BCUT2D eigenvalue weighted by Gasteiger charge is -2.19. The summed E-state index contributed by atoms with van der Waals surface area (Å²) in [5.74, 6) is -0.273. The number of esters is 1. The highest BCUT2D eigenvalue weighted by Gasteiger charge is 2.12. The zero-order valence-corrected chi connectivity index (χ0v) is 11.3. The monoisotopic (exact) mass is 276 g/mol. The van der Waals surface area contributed by atoms with Crippen LogP contribution in [0.5, 0.6) is 0 Å². The van der Waals surface area contributed by atoms with Gasteiger partial charge >= 0.3 is 5.97 Å². The van der Waals surface area contributed by atoms with Crippen LogP contribution in [0.1, 0.15) is 12.5 Å². The first-order valence-electron chi connectivity index (χ1n) is 5.17. The Morgan fingerprint density at radius 3 is 2.71 bits per heavy atom. The van der Waals surface area contributed by atoms with Crippen LogP contribution in [0.4, 0.5) is 0 Å². The van der Waals surface area contributed by atoms with Crippen LogP contribution in [0.3, 0.4) is 0 Å². The topological polar surface area (TPSA) is 42.4 Å². The van der Waals surface area contributed by atoms with E-state index < -0.39 is 0 Å². The molecule has 0 N–H and O–H groups in total. The van der Waals surface area contributed by atoms with Crippen LogP contribution >= 0.6 is 23.2 Å². The average molecular weight is 277 g/mol. The van der Waals surface area contributed by atoms with Gasteiger partial charge in [-0.1, -0.05) is 36.2 Å². The van der Waals surface area contributed by atoms with Gasteiger partial charge in [-0.25, -0.2) is 4.98 Å². The Hall–Kier alpha value is -0.840. The van der Waals surface area contributed by atoms with Crippen molar-refractivity contribution < 1.29 is 9.53 Å². The number of nitrogens with zero attached hydrogens (tertiary/aromatic N) is 2. The third kappa shape index (κ3) is 4.50. The summed E-state index contributed by atoms with van der Waals surface area (Å²) in [6.45, 7) is 3.44. The second kappa shape index (κ2) is 6.79. The minimum atomic E-state index is -0.273. The average Bonchev–Trinajstić information content (AvgIpc) is 2.31. The standard InChI is InChI=1S/C11H14Cl2N2O2/c1-3-15(7-10(16)17-2)6-8-4-5-9(12)14-11(8)13/h4-5H,3,6-7H2,1-2H3. The Morgan fingerprint density at radius 1 is 1.47 bits per heavy atom. The third-order valence-corrected chi connectivity index (χ3v) is 2.85. The molecule has 0 aliphatic heterocycles. The zero-order valence-electron chi connectivity index (χ0n) is 9.74. The molecule has 0 saturated heterocycles. The Kier molecular flexibility index (Phi) is 5.68. The summed E-state index contributed by atoms with van der Waals surface area (Å²) in [5, 5.41) is 0.718. The summed E-state index contributed by atoms with van der Waals surface area (Å²) in [7, 11) is 1.37. The van der Waals surface area contributed by atoms with Crippen molar-refractivity contribution in [2.75, 3.05) is 20.2 Å². The fourth-order valence-corrected chi connectivity index (χ4v) is 1.73. The SMILES string of the molecule is CCN(CC(=O)OC)Cc1ccc(Cl)nc1Cl. The van der Waals surface area contributed by atoms with E-state index >= 15 is 0 Å². The summed E-state index contributed by atoms with van der Waals surface area (Å²) < 4.78 is 4.62. The first kappa shape index (κ1) is 14.2. The van der Waals surface area contributed by atoms with Crippen molar-refractivity contribution in [2.45, 2.75) is 13.5 Å². The maximum absolute atomic E-state index is 11.2. The second-order valence-corrected chi connectivity index (χ2v) is 4.21. The number of ether oxygens (including phenoxy) is 1. The predicted molar refractivity (Wildman–Crippen MR) is 67.2 cm³/mol. The quantitative estimate of drug-likeness (QED) is 0.612. The van der Waals surface area contributed by atoms with Gasteiger partial charge in [-0.2, -0.15) is 0 Å². The summed E-state index contributed by atoms with van der Waals surface area (Å²) in [6, 6.07) is 3.48. The van der Waals surface area contributed by atoms with Crippen molar-refractivity contribution in [3.05, 3.63) is 28.0 Å². The van der Waals surface area contributed by atoms with Gasteiger partial charge in [-0.15, -0.1) is 0 Å². The lowest BCUT2D eigenvalue weighted by atomic mass is 10.2. The van der Waals surface area contributed by atoms with Crippen molar-refractivity contribution >= 4 is 29.2 Å². The molecular weight excluding hydrogens is 263 g/mol. The number of pyridine rings is 1. The predicted octanol–water partition coefficient (Wildman–Crippen LogP) is 2.38. The van der Waals surface area contributed by atoms with Crippen LogP contribution < -0.4 is 0 Å². The summed E-state index contributed by atoms with van der Waals surface area (Å²) in [6.07, 6.45) is 0. The number of aromatic nitrogens is 1. The maximum Gasteiger partial charge on any atom is 0.319 e. The smallest absolute Gasteiger partial charge is 0.319 e. The Morgan fingerprint density at radius 2 is 2.18 bits per heavy atom. The van der Waals surface area contributed by atoms with Crippen molar-refractivity contribution in [1.29, 1.82) is 0 Å². The highest BCUT2D eigenvalue weighted by molar-refractivity contribution is 6.32. The van der Waals surface area contributed by atoms with Crippen LogP contribution in [0.25, 0.3) is 0 Å². The molecule has 0 bridgehead atoms. The Bertz CT molecular complexity index is 399. The van der Waals surface area contributed by atoms with Crippen LogP contribution in [0, 0.1) is 0 Å². The number of rotatable bonds is 5. The Balaban J connectivity index is 2.70. The highest BCUT2D eigenvalue weighted by atomic mass is 35.5. The minimum Gasteiger partial charge on any atom is -0.468 e. The van der Waals surface area contributed by atoms with Crippen LogP contribution in [-0.4, -0.2) is 36.1 Å². The molecule has 1 heterocycles. The maximum atomic E-state index is 11.2. The van der Waals surface area contributed by atoms with E-state index in [0.29, 0.717) is 23.4 Å². The molecule has 94 valence electrons. The first-order valence-corrected chi connectivity index (χ1v) is 5.92. The zero-order chi connectivity index (χ0) is 12.8. The van der Waals surface area contributed by atoms with Crippen molar-refractivity contribution in [3.63, 3.8) is 0 Å². The van der Waals surface area contributed by atoms with Crippen molar-refractivity contribution in [1.82, 2.24) is 9.88 Å². The fourth-order valence-electron chi connectivity index (χ4n) is 1.33. The molecule has 4 nitrogen and oxygen atoms in total. The molecule has 0 fully saturated rings. The van der Waals surface area contributed by atoms with E-state index in [1.165, 1.54) is 7.11 Å². The number of hydrogen-bond donors (Lipinski definition) is 0. The number of hydrogen-bond acceptors (Lipinski definition) is 4. The van der Waals surface area contributed by atoms with E-state index in [0.717, 1.165) is 5.56 Å². The van der Waals surface area contributed by atoms with Crippen molar-refractivity contribution in [2.24, 2.45) is 0 Å². The second-order valence-electron chi connectivity index (χ2n) is 3.46. The van der Waals surface area contributed by atoms with E-state index in [9.17, 15) is 4.79 Å². The minimum absolute atomic E-state index is 0.228. The third-order valence-electron chi connectivity index (χ3n) is 2.31. The number of carbonyl (C=O) groups excluding carboxylic acids is 1. The molecule has 0 aromatic carbocycles. The largest absolute Gasteiger partial charge is 0.468 e. The lowest BCUT2D eigenvalue weighted by molar-refractivity contribution is -0.142. The molecule has 0 spiro atoms. The molecule has 1 aromatic rings. The number of methoxy groups -OCH3 is 1. The van der Waals surface area contributed by atoms with Crippen LogP contribution in [-0.2, 0) is 16.1 Å². The summed E-state index contributed by atoms with van der Waals surface area (Å²) >= 11 is 11.7. The lowest BCUT2D eigenvalue weighted by Crippen LogP contribution is -2.30. The van der Waals surface area contributed by atoms with Gasteiger partial charge in [0.1, 0.15) is 10.3 Å². The summed E-state index contributed by atoms with van der Waals surface area (Å²) in [5.41, 5.74) is 0.835. The van der Waals surface area contributed by atoms with Gasteiger partial charge in [0.2, 0.25) is 0 Å². The highest BCUT2D eigenvalue weighted by Crippen LogP contribution is 2.18. The number of likely N-dealkylation sites (N-methyl/N-ethyl adjacent to an activating group) is 1. The van der Waals surface area contributed by atoms with Crippen LogP contribution in [0.15, 0.2) is 12.1 Å². The normalized spacial score (nSPS) is 10.6. The molecule has 0 radical (unpaired) electrons. The van der Waals surface area contributed by atoms with Gasteiger partial charge in [-0.05, 0) is 12.6 Å². The van der Waals surface area contributed by atoms with Gasteiger partial charge in [0.25, 0.3) is 0 Å². The van der Waals surface area contributed by atoms with E-state index in [-0.39, 0.29) is 12.5 Å². The van der Waals surface area contributed by atoms with Crippen molar-refractivity contribution in [3.8, 4) is 0 Å².